The van der Waals surface area contributed by atoms with Crippen molar-refractivity contribution in [2.45, 2.75) is 45.8 Å². The van der Waals surface area contributed by atoms with Crippen LogP contribution in [0.2, 0.25) is 0 Å². The standard InChI is InChI=1S/C16H27NO2/c1-12(2)5-6-13(3)17-11-16(18)14-7-9-15(19-4)10-8-14/h7-10,12-13,16-18H,5-6,11H2,1-4H3. The third-order valence-corrected chi connectivity index (χ3v) is 3.34. The Morgan fingerprint density at radius 3 is 2.26 bits per heavy atom. The van der Waals surface area contributed by atoms with Gasteiger partial charge in [-0.25, -0.2) is 0 Å². The lowest BCUT2D eigenvalue weighted by Gasteiger charge is -2.18. The van der Waals surface area contributed by atoms with E-state index in [0.717, 1.165) is 23.7 Å². The first-order chi connectivity index (χ1) is 9.02. The van der Waals surface area contributed by atoms with Crippen LogP contribution in [0.4, 0.5) is 0 Å². The minimum absolute atomic E-state index is 0.440. The molecule has 0 saturated carbocycles. The summed E-state index contributed by atoms with van der Waals surface area (Å²) in [7, 11) is 1.64. The number of methoxy groups -OCH3 is 1. The van der Waals surface area contributed by atoms with Gasteiger partial charge < -0.3 is 15.2 Å². The predicted octanol–water partition coefficient (Wildman–Crippen LogP) is 3.14. The molecule has 1 aromatic rings. The molecular weight excluding hydrogens is 238 g/mol. The van der Waals surface area contributed by atoms with Crippen molar-refractivity contribution in [1.82, 2.24) is 5.32 Å². The molecular formula is C16H27NO2. The maximum atomic E-state index is 10.1. The normalized spacial score (nSPS) is 14.4. The molecule has 0 aliphatic rings. The van der Waals surface area contributed by atoms with Gasteiger partial charge in [-0.2, -0.15) is 0 Å². The van der Waals surface area contributed by atoms with E-state index in [1.807, 2.05) is 24.3 Å². The number of hydrogen-bond donors (Lipinski definition) is 2. The molecule has 0 amide bonds. The average molecular weight is 265 g/mol. The van der Waals surface area contributed by atoms with Crippen LogP contribution in [-0.2, 0) is 0 Å². The summed E-state index contributed by atoms with van der Waals surface area (Å²) in [5.74, 6) is 1.55. The van der Waals surface area contributed by atoms with Crippen LogP contribution in [0.15, 0.2) is 24.3 Å². The minimum Gasteiger partial charge on any atom is -0.497 e. The van der Waals surface area contributed by atoms with Crippen LogP contribution in [-0.4, -0.2) is 24.8 Å². The van der Waals surface area contributed by atoms with Gasteiger partial charge in [-0.1, -0.05) is 26.0 Å². The quantitative estimate of drug-likeness (QED) is 0.758. The molecule has 2 unspecified atom stereocenters. The fraction of sp³-hybridized carbons (Fsp3) is 0.625. The first kappa shape index (κ1) is 16.0. The first-order valence-electron chi connectivity index (χ1n) is 7.08. The summed E-state index contributed by atoms with van der Waals surface area (Å²) in [5, 5.41) is 13.5. The fourth-order valence-corrected chi connectivity index (χ4v) is 1.94. The summed E-state index contributed by atoms with van der Waals surface area (Å²) in [6.45, 7) is 7.23. The van der Waals surface area contributed by atoms with E-state index in [1.54, 1.807) is 7.11 Å². The monoisotopic (exact) mass is 265 g/mol. The van der Waals surface area contributed by atoms with Gasteiger partial charge in [0.25, 0.3) is 0 Å². The zero-order chi connectivity index (χ0) is 14.3. The highest BCUT2D eigenvalue weighted by Gasteiger charge is 2.10. The highest BCUT2D eigenvalue weighted by molar-refractivity contribution is 5.28. The topological polar surface area (TPSA) is 41.5 Å². The maximum absolute atomic E-state index is 10.1. The van der Waals surface area contributed by atoms with E-state index in [-0.39, 0.29) is 0 Å². The predicted molar refractivity (Wildman–Crippen MR) is 79.5 cm³/mol. The number of hydrogen-bond acceptors (Lipinski definition) is 3. The molecule has 1 aromatic carbocycles. The van der Waals surface area contributed by atoms with Crippen molar-refractivity contribution in [3.63, 3.8) is 0 Å². The molecule has 0 radical (unpaired) electrons. The Balaban J connectivity index is 2.35. The first-order valence-corrected chi connectivity index (χ1v) is 7.08. The molecule has 0 bridgehead atoms. The van der Waals surface area contributed by atoms with Gasteiger partial charge in [0.1, 0.15) is 5.75 Å². The molecule has 3 nitrogen and oxygen atoms in total. The van der Waals surface area contributed by atoms with E-state index in [1.165, 1.54) is 6.42 Å². The lowest BCUT2D eigenvalue weighted by atomic mass is 10.0. The molecule has 1 rings (SSSR count). The molecule has 2 N–H and O–H groups in total. The Kier molecular flexibility index (Phi) is 6.89. The zero-order valence-electron chi connectivity index (χ0n) is 12.5. The Morgan fingerprint density at radius 2 is 1.74 bits per heavy atom. The van der Waals surface area contributed by atoms with Gasteiger partial charge in [-0.3, -0.25) is 0 Å². The van der Waals surface area contributed by atoms with E-state index in [2.05, 4.69) is 26.1 Å². The van der Waals surface area contributed by atoms with Crippen LogP contribution >= 0.6 is 0 Å². The highest BCUT2D eigenvalue weighted by atomic mass is 16.5. The van der Waals surface area contributed by atoms with Crippen LogP contribution in [0, 0.1) is 5.92 Å². The lowest BCUT2D eigenvalue weighted by molar-refractivity contribution is 0.169. The SMILES string of the molecule is COc1ccc(C(O)CNC(C)CCC(C)C)cc1. The molecule has 0 spiro atoms. The van der Waals surface area contributed by atoms with Gasteiger partial charge in [0.15, 0.2) is 0 Å². The van der Waals surface area contributed by atoms with Crippen molar-refractivity contribution in [2.24, 2.45) is 5.92 Å². The Labute approximate surface area is 117 Å². The molecule has 0 aliphatic heterocycles. The van der Waals surface area contributed by atoms with Crippen LogP contribution in [0.3, 0.4) is 0 Å². The van der Waals surface area contributed by atoms with Crippen molar-refractivity contribution in [1.29, 1.82) is 0 Å². The molecule has 3 heteroatoms. The summed E-state index contributed by atoms with van der Waals surface area (Å²) in [4.78, 5) is 0. The van der Waals surface area contributed by atoms with Gasteiger partial charge in [-0.05, 0) is 43.4 Å². The second-order valence-corrected chi connectivity index (χ2v) is 5.57. The van der Waals surface area contributed by atoms with Gasteiger partial charge in [0.2, 0.25) is 0 Å². The van der Waals surface area contributed by atoms with E-state index >= 15 is 0 Å². The molecule has 0 fully saturated rings. The van der Waals surface area contributed by atoms with Crippen molar-refractivity contribution < 1.29 is 9.84 Å². The van der Waals surface area contributed by atoms with Crippen molar-refractivity contribution in [3.05, 3.63) is 29.8 Å². The number of aliphatic hydroxyl groups is 1. The molecule has 0 heterocycles. The van der Waals surface area contributed by atoms with Crippen molar-refractivity contribution >= 4 is 0 Å². The Bertz CT molecular complexity index is 348. The number of benzene rings is 1. The summed E-state index contributed by atoms with van der Waals surface area (Å²) in [6.07, 6.45) is 1.90. The third kappa shape index (κ3) is 6.08. The van der Waals surface area contributed by atoms with E-state index in [0.29, 0.717) is 12.6 Å². The summed E-state index contributed by atoms with van der Waals surface area (Å²) < 4.78 is 5.10. The molecule has 0 saturated heterocycles. The average Bonchev–Trinajstić information content (AvgIpc) is 2.42. The summed E-state index contributed by atoms with van der Waals surface area (Å²) in [5.41, 5.74) is 0.921. The van der Waals surface area contributed by atoms with Gasteiger partial charge >= 0.3 is 0 Å². The zero-order valence-corrected chi connectivity index (χ0v) is 12.5. The van der Waals surface area contributed by atoms with Crippen LogP contribution in [0.5, 0.6) is 5.75 Å². The third-order valence-electron chi connectivity index (χ3n) is 3.34. The Morgan fingerprint density at radius 1 is 1.11 bits per heavy atom. The van der Waals surface area contributed by atoms with E-state index in [9.17, 15) is 5.11 Å². The second-order valence-electron chi connectivity index (χ2n) is 5.57. The number of aliphatic hydroxyl groups excluding tert-OH is 1. The molecule has 19 heavy (non-hydrogen) atoms. The molecule has 0 aliphatic carbocycles. The number of rotatable bonds is 8. The summed E-state index contributed by atoms with van der Waals surface area (Å²) >= 11 is 0. The van der Waals surface area contributed by atoms with E-state index < -0.39 is 6.10 Å². The summed E-state index contributed by atoms with van der Waals surface area (Å²) in [6, 6.07) is 8.00. The maximum Gasteiger partial charge on any atom is 0.118 e. The van der Waals surface area contributed by atoms with Crippen molar-refractivity contribution in [3.8, 4) is 5.75 Å². The lowest BCUT2D eigenvalue weighted by Crippen LogP contribution is -2.30. The van der Waals surface area contributed by atoms with Crippen LogP contribution in [0.25, 0.3) is 0 Å². The highest BCUT2D eigenvalue weighted by Crippen LogP contribution is 2.17. The van der Waals surface area contributed by atoms with Gasteiger partial charge in [0, 0.05) is 12.6 Å². The molecule has 2 atom stereocenters. The second kappa shape index (κ2) is 8.18. The molecule has 108 valence electrons. The van der Waals surface area contributed by atoms with Crippen molar-refractivity contribution in [2.75, 3.05) is 13.7 Å². The smallest absolute Gasteiger partial charge is 0.118 e. The number of ether oxygens (including phenoxy) is 1. The number of nitrogens with one attached hydrogen (secondary N) is 1. The minimum atomic E-state index is -0.465. The Hall–Kier alpha value is -1.06. The van der Waals surface area contributed by atoms with Crippen LogP contribution in [0.1, 0.15) is 45.3 Å². The van der Waals surface area contributed by atoms with Gasteiger partial charge in [-0.15, -0.1) is 0 Å². The van der Waals surface area contributed by atoms with Crippen LogP contribution < -0.4 is 10.1 Å². The largest absolute Gasteiger partial charge is 0.497 e. The molecule has 0 aromatic heterocycles. The fourth-order valence-electron chi connectivity index (χ4n) is 1.94. The van der Waals surface area contributed by atoms with E-state index in [4.69, 9.17) is 4.74 Å². The van der Waals surface area contributed by atoms with Gasteiger partial charge in [0.05, 0.1) is 13.2 Å².